The molecule has 1 saturated heterocycles. The fourth-order valence-corrected chi connectivity index (χ4v) is 3.14. The van der Waals surface area contributed by atoms with Crippen molar-refractivity contribution in [3.8, 4) is 0 Å². The third-order valence-electron chi connectivity index (χ3n) is 3.79. The average molecular weight is 347 g/mol. The first-order chi connectivity index (χ1) is 9.21. The molecule has 0 aliphatic carbocycles. The Morgan fingerprint density at radius 2 is 1.85 bits per heavy atom. The van der Waals surface area contributed by atoms with Crippen LogP contribution in [0.4, 0.5) is 14.5 Å². The number of anilines is 1. The number of nitrogens with zero attached hydrogens (tertiary/aromatic N) is 1. The van der Waals surface area contributed by atoms with Crippen LogP contribution >= 0.6 is 15.9 Å². The van der Waals surface area contributed by atoms with Crippen LogP contribution in [0.5, 0.6) is 0 Å². The monoisotopic (exact) mass is 346 g/mol. The Labute approximate surface area is 127 Å². The summed E-state index contributed by atoms with van der Waals surface area (Å²) >= 11 is 3.13. The number of rotatable bonds is 2. The number of piperazine rings is 1. The molecule has 5 heteroatoms. The van der Waals surface area contributed by atoms with Crippen LogP contribution in [0.2, 0.25) is 0 Å². The van der Waals surface area contributed by atoms with Gasteiger partial charge in [-0.15, -0.1) is 0 Å². The lowest BCUT2D eigenvalue weighted by Crippen LogP contribution is -2.63. The Hall–Kier alpha value is -0.680. The van der Waals surface area contributed by atoms with Gasteiger partial charge in [-0.1, -0.05) is 29.8 Å². The average Bonchev–Trinajstić information content (AvgIpc) is 2.25. The molecule has 1 fully saturated rings. The van der Waals surface area contributed by atoms with Gasteiger partial charge in [0.2, 0.25) is 0 Å². The van der Waals surface area contributed by atoms with E-state index in [1.54, 1.807) is 0 Å². The SMILES string of the molecule is CC(C)C1CNC(C)(C)CN1c1c(F)cc(Br)cc1F. The molecule has 1 aliphatic rings. The summed E-state index contributed by atoms with van der Waals surface area (Å²) in [5, 5.41) is 3.44. The molecule has 1 aromatic rings. The van der Waals surface area contributed by atoms with Gasteiger partial charge in [0.15, 0.2) is 11.6 Å². The summed E-state index contributed by atoms with van der Waals surface area (Å²) < 4.78 is 28.9. The number of hydrogen-bond acceptors (Lipinski definition) is 2. The molecule has 2 nitrogen and oxygen atoms in total. The van der Waals surface area contributed by atoms with Gasteiger partial charge in [0, 0.05) is 29.1 Å². The first-order valence-corrected chi connectivity index (χ1v) is 7.67. The maximum atomic E-state index is 14.3. The summed E-state index contributed by atoms with van der Waals surface area (Å²) in [6, 6.07) is 2.73. The number of nitrogens with one attached hydrogen (secondary N) is 1. The Kier molecular flexibility index (Phi) is 4.40. The van der Waals surface area contributed by atoms with Crippen LogP contribution < -0.4 is 10.2 Å². The fraction of sp³-hybridized carbons (Fsp3) is 0.600. The van der Waals surface area contributed by atoms with Gasteiger partial charge in [-0.2, -0.15) is 0 Å². The van der Waals surface area contributed by atoms with E-state index in [1.807, 2.05) is 18.7 Å². The first kappa shape index (κ1) is 15.7. The first-order valence-electron chi connectivity index (χ1n) is 6.87. The predicted molar refractivity (Wildman–Crippen MR) is 82.1 cm³/mol. The van der Waals surface area contributed by atoms with Crippen LogP contribution in [0, 0.1) is 17.6 Å². The van der Waals surface area contributed by atoms with Crippen LogP contribution in [0.15, 0.2) is 16.6 Å². The molecule has 0 bridgehead atoms. The number of halogens is 3. The van der Waals surface area contributed by atoms with Crippen molar-refractivity contribution in [2.24, 2.45) is 5.92 Å². The molecule has 1 N–H and O–H groups in total. The highest BCUT2D eigenvalue weighted by atomic mass is 79.9. The van der Waals surface area contributed by atoms with Gasteiger partial charge in [0.05, 0.1) is 0 Å². The van der Waals surface area contributed by atoms with Gasteiger partial charge in [0.25, 0.3) is 0 Å². The van der Waals surface area contributed by atoms with Gasteiger partial charge >= 0.3 is 0 Å². The molecule has 0 radical (unpaired) electrons. The van der Waals surface area contributed by atoms with E-state index >= 15 is 0 Å². The smallest absolute Gasteiger partial charge is 0.150 e. The molecule has 1 aromatic carbocycles. The Morgan fingerprint density at radius 1 is 1.30 bits per heavy atom. The van der Waals surface area contributed by atoms with Crippen LogP contribution in [0.3, 0.4) is 0 Å². The second-order valence-electron chi connectivity index (χ2n) is 6.42. The van der Waals surface area contributed by atoms with E-state index in [0.29, 0.717) is 16.9 Å². The van der Waals surface area contributed by atoms with Crippen LogP contribution in [0.25, 0.3) is 0 Å². The second kappa shape index (κ2) is 5.60. The Balaban J connectivity index is 2.46. The molecular formula is C15H21BrF2N2. The number of hydrogen-bond donors (Lipinski definition) is 1. The van der Waals surface area contributed by atoms with Gasteiger partial charge in [-0.25, -0.2) is 8.78 Å². The third kappa shape index (κ3) is 3.14. The van der Waals surface area contributed by atoms with Crippen molar-refractivity contribution in [2.45, 2.75) is 39.3 Å². The van der Waals surface area contributed by atoms with E-state index in [2.05, 4.69) is 35.1 Å². The van der Waals surface area contributed by atoms with Crippen molar-refractivity contribution >= 4 is 21.6 Å². The second-order valence-corrected chi connectivity index (χ2v) is 7.34. The molecule has 1 atom stereocenters. The highest BCUT2D eigenvalue weighted by Crippen LogP contribution is 2.33. The largest absolute Gasteiger partial charge is 0.360 e. The summed E-state index contributed by atoms with van der Waals surface area (Å²) in [5.74, 6) is -0.721. The molecular weight excluding hydrogens is 326 g/mol. The van der Waals surface area contributed by atoms with Gasteiger partial charge in [-0.3, -0.25) is 0 Å². The molecule has 0 spiro atoms. The maximum Gasteiger partial charge on any atom is 0.150 e. The highest BCUT2D eigenvalue weighted by molar-refractivity contribution is 9.10. The predicted octanol–water partition coefficient (Wildman–Crippen LogP) is 3.94. The molecule has 2 rings (SSSR count). The minimum absolute atomic E-state index is 0.0770. The van der Waals surface area contributed by atoms with Crippen molar-refractivity contribution in [1.29, 1.82) is 0 Å². The summed E-state index contributed by atoms with van der Waals surface area (Å²) in [6.45, 7) is 9.54. The molecule has 1 aliphatic heterocycles. The van der Waals surface area contributed by atoms with Gasteiger partial charge < -0.3 is 10.2 Å². The van der Waals surface area contributed by atoms with Gasteiger partial charge in [0.1, 0.15) is 5.69 Å². The van der Waals surface area contributed by atoms with E-state index in [1.165, 1.54) is 12.1 Å². The summed E-state index contributed by atoms with van der Waals surface area (Å²) in [4.78, 5) is 1.87. The number of benzene rings is 1. The van der Waals surface area contributed by atoms with E-state index in [0.717, 1.165) is 6.54 Å². The molecule has 0 amide bonds. The zero-order valence-electron chi connectivity index (χ0n) is 12.3. The molecule has 1 heterocycles. The minimum Gasteiger partial charge on any atom is -0.360 e. The van der Waals surface area contributed by atoms with E-state index in [9.17, 15) is 8.78 Å². The maximum absolute atomic E-state index is 14.3. The molecule has 0 saturated carbocycles. The Morgan fingerprint density at radius 3 is 2.35 bits per heavy atom. The third-order valence-corrected chi connectivity index (χ3v) is 4.25. The van der Waals surface area contributed by atoms with Crippen molar-refractivity contribution in [3.05, 3.63) is 28.2 Å². The van der Waals surface area contributed by atoms with Crippen LogP contribution in [-0.4, -0.2) is 24.7 Å². The fourth-order valence-electron chi connectivity index (χ4n) is 2.74. The topological polar surface area (TPSA) is 15.3 Å². The molecule has 1 unspecified atom stereocenters. The van der Waals surface area contributed by atoms with E-state index < -0.39 is 11.6 Å². The lowest BCUT2D eigenvalue weighted by atomic mass is 9.92. The quantitative estimate of drug-likeness (QED) is 0.872. The zero-order chi connectivity index (χ0) is 15.1. The Bertz CT molecular complexity index is 480. The lowest BCUT2D eigenvalue weighted by Gasteiger charge is -2.47. The molecule has 112 valence electrons. The summed E-state index contributed by atoms with van der Waals surface area (Å²) in [6.07, 6.45) is 0. The summed E-state index contributed by atoms with van der Waals surface area (Å²) in [7, 11) is 0. The van der Waals surface area contributed by atoms with E-state index in [4.69, 9.17) is 0 Å². The lowest BCUT2D eigenvalue weighted by molar-refractivity contribution is 0.273. The van der Waals surface area contributed by atoms with Gasteiger partial charge in [-0.05, 0) is 31.9 Å². The molecule has 0 aromatic heterocycles. The van der Waals surface area contributed by atoms with Crippen LogP contribution in [-0.2, 0) is 0 Å². The van der Waals surface area contributed by atoms with Crippen molar-refractivity contribution in [3.63, 3.8) is 0 Å². The van der Waals surface area contributed by atoms with Crippen LogP contribution in [0.1, 0.15) is 27.7 Å². The van der Waals surface area contributed by atoms with Crippen molar-refractivity contribution < 1.29 is 8.78 Å². The summed E-state index contributed by atoms with van der Waals surface area (Å²) in [5.41, 5.74) is -0.0846. The minimum atomic E-state index is -0.514. The molecule has 20 heavy (non-hydrogen) atoms. The zero-order valence-corrected chi connectivity index (χ0v) is 13.9. The highest BCUT2D eigenvalue weighted by Gasteiger charge is 2.36. The van der Waals surface area contributed by atoms with Crippen molar-refractivity contribution in [1.82, 2.24) is 5.32 Å². The normalized spacial score (nSPS) is 22.4. The van der Waals surface area contributed by atoms with Crippen molar-refractivity contribution in [2.75, 3.05) is 18.0 Å². The standard InChI is InChI=1S/C15H21BrF2N2/c1-9(2)13-7-19-15(3,4)8-20(13)14-11(17)5-10(16)6-12(14)18/h5-6,9,13,19H,7-8H2,1-4H3. The van der Waals surface area contributed by atoms with E-state index in [-0.39, 0.29) is 17.3 Å².